The summed E-state index contributed by atoms with van der Waals surface area (Å²) in [6, 6.07) is 6.03. The van der Waals surface area contributed by atoms with E-state index in [1.165, 1.54) is 0 Å². The first-order valence-corrected chi connectivity index (χ1v) is 10.4. The predicted molar refractivity (Wildman–Crippen MR) is 133 cm³/mol. The molecule has 1 unspecified atom stereocenters. The lowest BCUT2D eigenvalue weighted by atomic mass is 10.1. The second kappa shape index (κ2) is 11.6. The molecule has 166 valence electrons. The Morgan fingerprint density at radius 2 is 2.20 bits per heavy atom. The smallest absolute Gasteiger partial charge is 0.191 e. The zero-order valence-corrected chi connectivity index (χ0v) is 21.1. The molecule has 1 saturated heterocycles. The van der Waals surface area contributed by atoms with Crippen molar-refractivity contribution in [2.24, 2.45) is 4.99 Å². The molecule has 0 spiro atoms. The van der Waals surface area contributed by atoms with Crippen molar-refractivity contribution in [1.82, 2.24) is 15.8 Å². The van der Waals surface area contributed by atoms with Crippen molar-refractivity contribution in [1.29, 1.82) is 0 Å². The zero-order chi connectivity index (χ0) is 20.8. The quantitative estimate of drug-likeness (QED) is 0.311. The number of nitrogens with one attached hydrogen (secondary N) is 2. The number of methoxy groups -OCH3 is 1. The van der Waals surface area contributed by atoms with Gasteiger partial charge in [0, 0.05) is 42.8 Å². The first-order chi connectivity index (χ1) is 14.0. The molecule has 0 saturated carbocycles. The van der Waals surface area contributed by atoms with Crippen molar-refractivity contribution >= 4 is 47.2 Å². The fraction of sp³-hybridized carbons (Fsp3) is 0.524. The van der Waals surface area contributed by atoms with Crippen LogP contribution in [0.2, 0.25) is 5.02 Å². The minimum atomic E-state index is 0. The van der Waals surface area contributed by atoms with Crippen LogP contribution in [-0.2, 0) is 6.42 Å². The SMILES string of the molecule is CCNC(=NCCc1c(C)noc1C)NC1CCN(c2cc(Cl)ccc2OC)C1.I. The molecule has 1 aromatic carbocycles. The molecule has 1 aromatic heterocycles. The Kier molecular flexibility index (Phi) is 9.54. The molecule has 0 aliphatic carbocycles. The van der Waals surface area contributed by atoms with E-state index in [0.29, 0.717) is 17.6 Å². The third-order valence-corrected chi connectivity index (χ3v) is 5.40. The summed E-state index contributed by atoms with van der Waals surface area (Å²) in [5.74, 6) is 2.55. The Hall–Kier alpha value is -1.68. The van der Waals surface area contributed by atoms with Gasteiger partial charge in [0.2, 0.25) is 0 Å². The largest absolute Gasteiger partial charge is 0.495 e. The van der Waals surface area contributed by atoms with Crippen molar-refractivity contribution < 1.29 is 9.26 Å². The van der Waals surface area contributed by atoms with E-state index in [-0.39, 0.29) is 24.0 Å². The Labute approximate surface area is 200 Å². The van der Waals surface area contributed by atoms with E-state index < -0.39 is 0 Å². The molecule has 0 amide bonds. The molecule has 1 fully saturated rings. The third kappa shape index (κ3) is 6.16. The Balaban J connectivity index is 0.00000320. The van der Waals surface area contributed by atoms with Gasteiger partial charge in [-0.25, -0.2) is 0 Å². The monoisotopic (exact) mass is 547 g/mol. The summed E-state index contributed by atoms with van der Waals surface area (Å²) in [5.41, 5.74) is 3.12. The molecule has 3 rings (SSSR count). The van der Waals surface area contributed by atoms with Gasteiger partial charge >= 0.3 is 0 Å². The van der Waals surface area contributed by atoms with E-state index in [9.17, 15) is 0 Å². The van der Waals surface area contributed by atoms with Crippen LogP contribution in [0.3, 0.4) is 0 Å². The van der Waals surface area contributed by atoms with Gasteiger partial charge in [-0.1, -0.05) is 16.8 Å². The molecule has 1 aliphatic heterocycles. The average molecular weight is 548 g/mol. The number of hydrogen-bond donors (Lipinski definition) is 2. The van der Waals surface area contributed by atoms with Gasteiger partial charge in [0.15, 0.2) is 5.96 Å². The highest BCUT2D eigenvalue weighted by Crippen LogP contribution is 2.33. The number of aliphatic imine (C=N–C) groups is 1. The third-order valence-electron chi connectivity index (χ3n) is 5.17. The summed E-state index contributed by atoms with van der Waals surface area (Å²) in [4.78, 5) is 7.04. The summed E-state index contributed by atoms with van der Waals surface area (Å²) in [6.45, 7) is 9.28. The van der Waals surface area contributed by atoms with Gasteiger partial charge in [-0.3, -0.25) is 4.99 Å². The van der Waals surface area contributed by atoms with Gasteiger partial charge in [-0.2, -0.15) is 0 Å². The van der Waals surface area contributed by atoms with Crippen molar-refractivity contribution in [2.45, 2.75) is 39.7 Å². The van der Waals surface area contributed by atoms with Crippen molar-refractivity contribution in [3.8, 4) is 5.75 Å². The lowest BCUT2D eigenvalue weighted by Gasteiger charge is -2.22. The first-order valence-electron chi connectivity index (χ1n) is 10.1. The van der Waals surface area contributed by atoms with Crippen LogP contribution >= 0.6 is 35.6 Å². The summed E-state index contributed by atoms with van der Waals surface area (Å²) in [7, 11) is 1.69. The van der Waals surface area contributed by atoms with Crippen LogP contribution in [-0.4, -0.2) is 50.4 Å². The number of rotatable bonds is 7. The van der Waals surface area contributed by atoms with Crippen molar-refractivity contribution in [3.05, 3.63) is 40.2 Å². The predicted octanol–water partition coefficient (Wildman–Crippen LogP) is 3.95. The van der Waals surface area contributed by atoms with Crippen LogP contribution in [0, 0.1) is 13.8 Å². The van der Waals surface area contributed by atoms with E-state index in [1.54, 1.807) is 7.11 Å². The molecule has 2 heterocycles. The number of ether oxygens (including phenoxy) is 1. The van der Waals surface area contributed by atoms with E-state index in [2.05, 4.69) is 27.6 Å². The van der Waals surface area contributed by atoms with Gasteiger partial charge < -0.3 is 24.8 Å². The number of halogens is 2. The average Bonchev–Trinajstić information content (AvgIpc) is 3.29. The highest BCUT2D eigenvalue weighted by Gasteiger charge is 2.25. The number of aromatic nitrogens is 1. The van der Waals surface area contributed by atoms with Gasteiger partial charge in [0.1, 0.15) is 11.5 Å². The van der Waals surface area contributed by atoms with E-state index in [4.69, 9.17) is 25.9 Å². The summed E-state index contributed by atoms with van der Waals surface area (Å²) >= 11 is 6.20. The Morgan fingerprint density at radius 3 is 2.87 bits per heavy atom. The molecule has 0 radical (unpaired) electrons. The number of benzene rings is 1. The van der Waals surface area contributed by atoms with Crippen LogP contribution in [0.1, 0.15) is 30.4 Å². The van der Waals surface area contributed by atoms with Crippen LogP contribution in [0.4, 0.5) is 5.69 Å². The number of nitrogens with zero attached hydrogens (tertiary/aromatic N) is 3. The lowest BCUT2D eigenvalue weighted by Crippen LogP contribution is -2.44. The lowest BCUT2D eigenvalue weighted by molar-refractivity contribution is 0.392. The molecule has 9 heteroatoms. The minimum absolute atomic E-state index is 0. The number of aryl methyl sites for hydroxylation is 2. The minimum Gasteiger partial charge on any atom is -0.495 e. The fourth-order valence-corrected chi connectivity index (χ4v) is 3.83. The standard InChI is InChI=1S/C21H30ClN5O2.HI/c1-5-23-21(24-10-8-18-14(2)26-29-15(18)3)25-17-9-11-27(13-17)19-12-16(22)6-7-20(19)28-4;/h6-7,12,17H,5,8-11,13H2,1-4H3,(H2,23,24,25);1H. The van der Waals surface area contributed by atoms with Crippen LogP contribution < -0.4 is 20.3 Å². The molecule has 30 heavy (non-hydrogen) atoms. The molecular weight excluding hydrogens is 517 g/mol. The topological polar surface area (TPSA) is 74.9 Å². The molecule has 2 N–H and O–H groups in total. The van der Waals surface area contributed by atoms with Crippen LogP contribution in [0.15, 0.2) is 27.7 Å². The van der Waals surface area contributed by atoms with Crippen LogP contribution in [0.25, 0.3) is 0 Å². The number of hydrogen-bond acceptors (Lipinski definition) is 5. The van der Waals surface area contributed by atoms with Gasteiger partial charge in [-0.15, -0.1) is 24.0 Å². The number of guanidine groups is 1. The zero-order valence-electron chi connectivity index (χ0n) is 18.0. The summed E-state index contributed by atoms with van der Waals surface area (Å²) < 4.78 is 10.7. The van der Waals surface area contributed by atoms with Gasteiger partial charge in [0.25, 0.3) is 0 Å². The molecule has 0 bridgehead atoms. The Bertz CT molecular complexity index is 838. The van der Waals surface area contributed by atoms with Gasteiger partial charge in [0.05, 0.1) is 18.5 Å². The van der Waals surface area contributed by atoms with E-state index >= 15 is 0 Å². The van der Waals surface area contributed by atoms with Crippen LogP contribution in [0.5, 0.6) is 5.75 Å². The second-order valence-electron chi connectivity index (χ2n) is 7.21. The summed E-state index contributed by atoms with van der Waals surface area (Å²) in [6.07, 6.45) is 1.83. The highest BCUT2D eigenvalue weighted by molar-refractivity contribution is 14.0. The molecule has 1 atom stereocenters. The van der Waals surface area contributed by atoms with E-state index in [0.717, 1.165) is 66.9 Å². The van der Waals surface area contributed by atoms with Crippen molar-refractivity contribution in [3.63, 3.8) is 0 Å². The molecule has 1 aliphatic rings. The second-order valence-corrected chi connectivity index (χ2v) is 7.64. The molecular formula is C21H31ClIN5O2. The number of anilines is 1. The Morgan fingerprint density at radius 1 is 1.40 bits per heavy atom. The molecule has 7 nitrogen and oxygen atoms in total. The maximum absolute atomic E-state index is 6.20. The highest BCUT2D eigenvalue weighted by atomic mass is 127. The molecule has 2 aromatic rings. The maximum atomic E-state index is 6.20. The van der Waals surface area contributed by atoms with Gasteiger partial charge in [-0.05, 0) is 51.8 Å². The normalized spacial score (nSPS) is 16.4. The van der Waals surface area contributed by atoms with Crippen molar-refractivity contribution in [2.75, 3.05) is 38.2 Å². The first kappa shape index (κ1) is 24.6. The van der Waals surface area contributed by atoms with E-state index in [1.807, 2.05) is 32.0 Å². The maximum Gasteiger partial charge on any atom is 0.191 e. The fourth-order valence-electron chi connectivity index (χ4n) is 3.66. The summed E-state index contributed by atoms with van der Waals surface area (Å²) in [5, 5.41) is 11.6.